The lowest BCUT2D eigenvalue weighted by atomic mass is 10.0. The fourth-order valence-electron chi connectivity index (χ4n) is 2.45. The number of aromatic nitrogens is 2. The van der Waals surface area contributed by atoms with Crippen molar-refractivity contribution in [3.05, 3.63) is 65.5 Å². The minimum Gasteiger partial charge on any atom is -0.330 e. The van der Waals surface area contributed by atoms with Crippen LogP contribution in [-0.2, 0) is 7.05 Å². The summed E-state index contributed by atoms with van der Waals surface area (Å²) in [5, 5.41) is 0. The standard InChI is InChI=1S/C16H17N3/c1-11-6-5-7-12(10-11)15(17)16-18-13-8-3-4-9-14(13)19(16)2/h3-10,15H,17H2,1-2H3. The van der Waals surface area contributed by atoms with Gasteiger partial charge in [0.25, 0.3) is 0 Å². The summed E-state index contributed by atoms with van der Waals surface area (Å²) in [6.07, 6.45) is 0. The van der Waals surface area contributed by atoms with Gasteiger partial charge in [0, 0.05) is 7.05 Å². The minimum atomic E-state index is -0.197. The van der Waals surface area contributed by atoms with Crippen molar-refractivity contribution >= 4 is 11.0 Å². The third kappa shape index (κ3) is 2.02. The molecule has 3 heteroatoms. The molecule has 0 spiro atoms. The third-order valence-electron chi connectivity index (χ3n) is 3.50. The Morgan fingerprint density at radius 1 is 1.11 bits per heavy atom. The molecule has 3 aromatic rings. The van der Waals surface area contributed by atoms with Crippen LogP contribution in [-0.4, -0.2) is 9.55 Å². The lowest BCUT2D eigenvalue weighted by molar-refractivity contribution is 0.728. The molecule has 0 bridgehead atoms. The SMILES string of the molecule is Cc1cccc(C(N)c2nc3ccccc3n2C)c1. The molecule has 2 N–H and O–H groups in total. The van der Waals surface area contributed by atoms with Crippen LogP contribution in [0.2, 0.25) is 0 Å². The van der Waals surface area contributed by atoms with Gasteiger partial charge in [0.1, 0.15) is 5.82 Å². The summed E-state index contributed by atoms with van der Waals surface area (Å²) in [7, 11) is 2.01. The number of nitrogens with zero attached hydrogens (tertiary/aromatic N) is 2. The number of hydrogen-bond donors (Lipinski definition) is 1. The molecule has 0 fully saturated rings. The molecule has 1 aromatic heterocycles. The Labute approximate surface area is 112 Å². The van der Waals surface area contributed by atoms with Crippen LogP contribution in [0.25, 0.3) is 11.0 Å². The van der Waals surface area contributed by atoms with Crippen LogP contribution in [0.5, 0.6) is 0 Å². The highest BCUT2D eigenvalue weighted by molar-refractivity contribution is 5.76. The number of para-hydroxylation sites is 2. The molecule has 3 rings (SSSR count). The first-order valence-electron chi connectivity index (χ1n) is 6.40. The number of benzene rings is 2. The van der Waals surface area contributed by atoms with E-state index >= 15 is 0 Å². The largest absolute Gasteiger partial charge is 0.330 e. The fourth-order valence-corrected chi connectivity index (χ4v) is 2.45. The number of nitrogens with two attached hydrogens (primary N) is 1. The van der Waals surface area contributed by atoms with E-state index in [0.717, 1.165) is 22.4 Å². The molecule has 0 aliphatic rings. The first kappa shape index (κ1) is 11.9. The number of hydrogen-bond acceptors (Lipinski definition) is 2. The van der Waals surface area contributed by atoms with E-state index in [1.165, 1.54) is 5.56 Å². The van der Waals surface area contributed by atoms with Crippen molar-refractivity contribution in [2.45, 2.75) is 13.0 Å². The second kappa shape index (κ2) is 4.52. The van der Waals surface area contributed by atoms with E-state index in [9.17, 15) is 0 Å². The molecule has 0 saturated heterocycles. The van der Waals surface area contributed by atoms with E-state index in [-0.39, 0.29) is 6.04 Å². The zero-order chi connectivity index (χ0) is 13.4. The molecule has 2 aromatic carbocycles. The normalized spacial score (nSPS) is 12.8. The second-order valence-electron chi connectivity index (χ2n) is 4.91. The monoisotopic (exact) mass is 251 g/mol. The number of rotatable bonds is 2. The van der Waals surface area contributed by atoms with Gasteiger partial charge in [-0.15, -0.1) is 0 Å². The van der Waals surface area contributed by atoms with Gasteiger partial charge in [-0.1, -0.05) is 42.0 Å². The molecule has 0 aliphatic carbocycles. The van der Waals surface area contributed by atoms with E-state index in [1.54, 1.807) is 0 Å². The first-order chi connectivity index (χ1) is 9.16. The summed E-state index contributed by atoms with van der Waals surface area (Å²) in [6.45, 7) is 2.07. The topological polar surface area (TPSA) is 43.8 Å². The molecule has 1 atom stereocenters. The van der Waals surface area contributed by atoms with Crippen molar-refractivity contribution < 1.29 is 0 Å². The van der Waals surface area contributed by atoms with Gasteiger partial charge in [0.15, 0.2) is 0 Å². The third-order valence-corrected chi connectivity index (χ3v) is 3.50. The van der Waals surface area contributed by atoms with Crippen LogP contribution in [0.1, 0.15) is 23.0 Å². The van der Waals surface area contributed by atoms with Crippen LogP contribution in [0.15, 0.2) is 48.5 Å². The van der Waals surface area contributed by atoms with E-state index in [0.29, 0.717) is 0 Å². The van der Waals surface area contributed by atoms with Crippen molar-refractivity contribution in [3.63, 3.8) is 0 Å². The Morgan fingerprint density at radius 3 is 2.63 bits per heavy atom. The molecular weight excluding hydrogens is 234 g/mol. The smallest absolute Gasteiger partial charge is 0.131 e. The number of aryl methyl sites for hydroxylation is 2. The van der Waals surface area contributed by atoms with Gasteiger partial charge in [0.05, 0.1) is 17.1 Å². The van der Waals surface area contributed by atoms with E-state index in [4.69, 9.17) is 5.73 Å². The molecule has 3 nitrogen and oxygen atoms in total. The minimum absolute atomic E-state index is 0.197. The maximum atomic E-state index is 6.37. The zero-order valence-electron chi connectivity index (χ0n) is 11.2. The lowest BCUT2D eigenvalue weighted by Gasteiger charge is -2.12. The Kier molecular flexibility index (Phi) is 2.84. The van der Waals surface area contributed by atoms with Crippen molar-refractivity contribution in [1.29, 1.82) is 0 Å². The Bertz CT molecular complexity index is 728. The van der Waals surface area contributed by atoms with E-state index in [2.05, 4.69) is 40.7 Å². The van der Waals surface area contributed by atoms with Crippen LogP contribution >= 0.6 is 0 Å². The average Bonchev–Trinajstić information content (AvgIpc) is 2.76. The highest BCUT2D eigenvalue weighted by Crippen LogP contribution is 2.23. The average molecular weight is 251 g/mol. The molecule has 1 heterocycles. The van der Waals surface area contributed by atoms with Gasteiger partial charge < -0.3 is 10.3 Å². The highest BCUT2D eigenvalue weighted by atomic mass is 15.1. The van der Waals surface area contributed by atoms with Gasteiger partial charge in [0.2, 0.25) is 0 Å². The summed E-state index contributed by atoms with van der Waals surface area (Å²) < 4.78 is 2.07. The van der Waals surface area contributed by atoms with Crippen molar-refractivity contribution in [1.82, 2.24) is 9.55 Å². The van der Waals surface area contributed by atoms with Gasteiger partial charge in [-0.05, 0) is 24.6 Å². The number of imidazole rings is 1. The molecule has 0 amide bonds. The number of fused-ring (bicyclic) bond motifs is 1. The van der Waals surface area contributed by atoms with E-state index < -0.39 is 0 Å². The van der Waals surface area contributed by atoms with Crippen molar-refractivity contribution in [2.24, 2.45) is 12.8 Å². The molecule has 96 valence electrons. The molecule has 19 heavy (non-hydrogen) atoms. The fraction of sp³-hybridized carbons (Fsp3) is 0.188. The summed E-state index contributed by atoms with van der Waals surface area (Å²) in [6, 6.07) is 16.2. The molecular formula is C16H17N3. The summed E-state index contributed by atoms with van der Waals surface area (Å²) in [5.41, 5.74) is 10.8. The predicted octanol–water partition coefficient (Wildman–Crippen LogP) is 2.93. The van der Waals surface area contributed by atoms with Crippen LogP contribution in [0.4, 0.5) is 0 Å². The molecule has 1 unspecified atom stereocenters. The van der Waals surface area contributed by atoms with Gasteiger partial charge in [-0.3, -0.25) is 0 Å². The molecule has 0 aliphatic heterocycles. The van der Waals surface area contributed by atoms with E-state index in [1.807, 2.05) is 31.3 Å². The lowest BCUT2D eigenvalue weighted by Crippen LogP contribution is -2.16. The second-order valence-corrected chi connectivity index (χ2v) is 4.91. The van der Waals surface area contributed by atoms with Crippen LogP contribution in [0, 0.1) is 6.92 Å². The maximum Gasteiger partial charge on any atom is 0.131 e. The van der Waals surface area contributed by atoms with Gasteiger partial charge >= 0.3 is 0 Å². The Morgan fingerprint density at radius 2 is 1.89 bits per heavy atom. The predicted molar refractivity (Wildman–Crippen MR) is 77.9 cm³/mol. The zero-order valence-corrected chi connectivity index (χ0v) is 11.2. The molecule has 0 radical (unpaired) electrons. The highest BCUT2D eigenvalue weighted by Gasteiger charge is 2.16. The molecule has 0 saturated carbocycles. The summed E-state index contributed by atoms with van der Waals surface area (Å²) >= 11 is 0. The van der Waals surface area contributed by atoms with Crippen molar-refractivity contribution in [2.75, 3.05) is 0 Å². The quantitative estimate of drug-likeness (QED) is 0.761. The maximum absolute atomic E-state index is 6.37. The van der Waals surface area contributed by atoms with Crippen LogP contribution < -0.4 is 5.73 Å². The Balaban J connectivity index is 2.11. The van der Waals surface area contributed by atoms with Crippen LogP contribution in [0.3, 0.4) is 0 Å². The summed E-state index contributed by atoms with van der Waals surface area (Å²) in [5.74, 6) is 0.895. The van der Waals surface area contributed by atoms with Gasteiger partial charge in [-0.2, -0.15) is 0 Å². The summed E-state index contributed by atoms with van der Waals surface area (Å²) in [4.78, 5) is 4.66. The first-order valence-corrected chi connectivity index (χ1v) is 6.40. The van der Waals surface area contributed by atoms with Gasteiger partial charge in [-0.25, -0.2) is 4.98 Å². The Hall–Kier alpha value is -2.13. The van der Waals surface area contributed by atoms with Crippen molar-refractivity contribution in [3.8, 4) is 0 Å².